The van der Waals surface area contributed by atoms with Crippen LogP contribution in [-0.2, 0) is 13.0 Å². The molecular formula is C24H23ClFNO2. The Labute approximate surface area is 175 Å². The maximum atomic E-state index is 13.4. The van der Waals surface area contributed by atoms with Crippen molar-refractivity contribution < 1.29 is 13.9 Å². The molecule has 0 N–H and O–H groups in total. The summed E-state index contributed by atoms with van der Waals surface area (Å²) in [5.41, 5.74) is 3.65. The quantitative estimate of drug-likeness (QED) is 0.383. The molecule has 0 saturated heterocycles. The summed E-state index contributed by atoms with van der Waals surface area (Å²) in [5.74, 6) is 0.655. The van der Waals surface area contributed by atoms with E-state index in [-0.39, 0.29) is 12.4 Å². The lowest BCUT2D eigenvalue weighted by atomic mass is 10.1. The van der Waals surface area contributed by atoms with E-state index < -0.39 is 0 Å². The van der Waals surface area contributed by atoms with Gasteiger partial charge in [-0.05, 0) is 66.4 Å². The van der Waals surface area contributed by atoms with Crippen LogP contribution in [-0.4, -0.2) is 12.8 Å². The Morgan fingerprint density at radius 2 is 1.76 bits per heavy atom. The molecule has 3 aromatic carbocycles. The lowest BCUT2D eigenvalue weighted by Gasteiger charge is -2.14. The van der Waals surface area contributed by atoms with Gasteiger partial charge in [0.25, 0.3) is 0 Å². The van der Waals surface area contributed by atoms with E-state index in [2.05, 4.69) is 24.0 Å². The largest absolute Gasteiger partial charge is 0.490 e. The fourth-order valence-corrected chi connectivity index (χ4v) is 3.09. The summed E-state index contributed by atoms with van der Waals surface area (Å²) in [4.78, 5) is 4.51. The average molecular weight is 412 g/mol. The molecule has 0 amide bonds. The summed E-state index contributed by atoms with van der Waals surface area (Å²) in [6.45, 7) is 4.66. The standard InChI is InChI=1S/C24H23ClFNO2/c1-3-17-8-10-21(11-9-17)27-15-19-13-22(25)24(23(14-19)28-4-2)29-16-18-6-5-7-20(26)12-18/h5-15H,3-4,16H2,1-2H3. The van der Waals surface area contributed by atoms with Gasteiger partial charge in [-0.3, -0.25) is 4.99 Å². The fraction of sp³-hybridized carbons (Fsp3) is 0.208. The first-order valence-electron chi connectivity index (χ1n) is 9.55. The molecule has 0 saturated carbocycles. The van der Waals surface area contributed by atoms with Crippen molar-refractivity contribution in [3.05, 3.63) is 88.2 Å². The Kier molecular flexibility index (Phi) is 7.25. The molecule has 5 heteroatoms. The van der Waals surface area contributed by atoms with Crippen LogP contribution in [0.4, 0.5) is 10.1 Å². The van der Waals surface area contributed by atoms with Crippen molar-refractivity contribution in [2.75, 3.05) is 6.61 Å². The van der Waals surface area contributed by atoms with Gasteiger partial charge in [0.05, 0.1) is 17.3 Å². The Morgan fingerprint density at radius 1 is 0.966 bits per heavy atom. The van der Waals surface area contributed by atoms with E-state index in [9.17, 15) is 4.39 Å². The Morgan fingerprint density at radius 3 is 2.45 bits per heavy atom. The van der Waals surface area contributed by atoms with Crippen LogP contribution in [0.3, 0.4) is 0 Å². The van der Waals surface area contributed by atoms with Crippen LogP contribution in [0.2, 0.25) is 5.02 Å². The van der Waals surface area contributed by atoms with E-state index in [1.807, 2.05) is 25.1 Å². The van der Waals surface area contributed by atoms with Gasteiger partial charge >= 0.3 is 0 Å². The maximum Gasteiger partial charge on any atom is 0.180 e. The van der Waals surface area contributed by atoms with Crippen molar-refractivity contribution in [3.8, 4) is 11.5 Å². The second kappa shape index (κ2) is 10.1. The molecule has 150 valence electrons. The van der Waals surface area contributed by atoms with E-state index in [0.717, 1.165) is 17.7 Å². The lowest BCUT2D eigenvalue weighted by molar-refractivity contribution is 0.269. The number of halogens is 2. The smallest absolute Gasteiger partial charge is 0.180 e. The predicted molar refractivity (Wildman–Crippen MR) is 116 cm³/mol. The van der Waals surface area contributed by atoms with Crippen molar-refractivity contribution in [1.29, 1.82) is 0 Å². The molecule has 3 nitrogen and oxygen atoms in total. The number of ether oxygens (including phenoxy) is 2. The molecule has 0 atom stereocenters. The first-order chi connectivity index (χ1) is 14.1. The van der Waals surface area contributed by atoms with Gasteiger partial charge in [-0.1, -0.05) is 42.8 Å². The summed E-state index contributed by atoms with van der Waals surface area (Å²) in [5, 5.41) is 0.412. The van der Waals surface area contributed by atoms with Crippen molar-refractivity contribution >= 4 is 23.5 Å². The lowest BCUT2D eigenvalue weighted by Crippen LogP contribution is -2.01. The SMILES string of the molecule is CCOc1cc(C=Nc2ccc(CC)cc2)cc(Cl)c1OCc1cccc(F)c1. The number of benzene rings is 3. The van der Waals surface area contributed by atoms with Crippen molar-refractivity contribution in [2.24, 2.45) is 4.99 Å². The molecule has 29 heavy (non-hydrogen) atoms. The third-order valence-electron chi connectivity index (χ3n) is 4.31. The highest BCUT2D eigenvalue weighted by molar-refractivity contribution is 6.32. The van der Waals surface area contributed by atoms with Crippen LogP contribution in [0.15, 0.2) is 65.7 Å². The number of hydrogen-bond donors (Lipinski definition) is 0. The van der Waals surface area contributed by atoms with Crippen LogP contribution in [0.25, 0.3) is 0 Å². The second-order valence-corrected chi connectivity index (χ2v) is 6.87. The summed E-state index contributed by atoms with van der Waals surface area (Å²) < 4.78 is 24.9. The Hall–Kier alpha value is -2.85. The molecular weight excluding hydrogens is 389 g/mol. The summed E-state index contributed by atoms with van der Waals surface area (Å²) in [6.07, 6.45) is 2.74. The van der Waals surface area contributed by atoms with E-state index in [1.54, 1.807) is 24.4 Å². The number of hydrogen-bond acceptors (Lipinski definition) is 3. The number of rotatable bonds is 8. The van der Waals surface area contributed by atoms with Gasteiger partial charge in [0, 0.05) is 6.21 Å². The molecule has 0 bridgehead atoms. The Bertz CT molecular complexity index is 987. The van der Waals surface area contributed by atoms with Gasteiger partial charge < -0.3 is 9.47 Å². The maximum absolute atomic E-state index is 13.4. The van der Waals surface area contributed by atoms with E-state index in [4.69, 9.17) is 21.1 Å². The van der Waals surface area contributed by atoms with Crippen LogP contribution in [0, 0.1) is 5.82 Å². The van der Waals surface area contributed by atoms with Gasteiger partial charge in [-0.25, -0.2) is 4.39 Å². The zero-order valence-electron chi connectivity index (χ0n) is 16.5. The molecule has 0 heterocycles. The van der Waals surface area contributed by atoms with Gasteiger partial charge in [0.15, 0.2) is 11.5 Å². The molecule has 3 aromatic rings. The van der Waals surface area contributed by atoms with Crippen molar-refractivity contribution in [2.45, 2.75) is 26.9 Å². The molecule has 0 aromatic heterocycles. The van der Waals surface area contributed by atoms with Crippen molar-refractivity contribution in [1.82, 2.24) is 0 Å². The van der Waals surface area contributed by atoms with Crippen LogP contribution in [0.5, 0.6) is 11.5 Å². The van der Waals surface area contributed by atoms with E-state index >= 15 is 0 Å². The molecule has 0 spiro atoms. The van der Waals surface area contributed by atoms with Crippen LogP contribution < -0.4 is 9.47 Å². The molecule has 0 aliphatic carbocycles. The minimum atomic E-state index is -0.305. The minimum Gasteiger partial charge on any atom is -0.490 e. The van der Waals surface area contributed by atoms with Gasteiger partial charge in [-0.15, -0.1) is 0 Å². The van der Waals surface area contributed by atoms with Crippen LogP contribution >= 0.6 is 11.6 Å². The summed E-state index contributed by atoms with van der Waals surface area (Å²) in [7, 11) is 0. The van der Waals surface area contributed by atoms with Gasteiger partial charge in [0.1, 0.15) is 12.4 Å². The van der Waals surface area contributed by atoms with Gasteiger partial charge in [0.2, 0.25) is 0 Å². The van der Waals surface area contributed by atoms with E-state index in [1.165, 1.54) is 17.7 Å². The Balaban J connectivity index is 1.80. The third-order valence-corrected chi connectivity index (χ3v) is 4.59. The molecule has 0 radical (unpaired) electrons. The molecule has 0 fully saturated rings. The number of aryl methyl sites for hydroxylation is 1. The van der Waals surface area contributed by atoms with Gasteiger partial charge in [-0.2, -0.15) is 0 Å². The number of nitrogens with zero attached hydrogens (tertiary/aromatic N) is 1. The second-order valence-electron chi connectivity index (χ2n) is 6.46. The summed E-state index contributed by atoms with van der Waals surface area (Å²) >= 11 is 6.45. The molecule has 0 aliphatic heterocycles. The predicted octanol–water partition coefficient (Wildman–Crippen LogP) is 6.77. The normalized spacial score (nSPS) is 11.0. The van der Waals surface area contributed by atoms with Crippen molar-refractivity contribution in [3.63, 3.8) is 0 Å². The number of aliphatic imine (C=N–C) groups is 1. The third kappa shape index (κ3) is 5.81. The first kappa shape index (κ1) is 20.9. The molecule has 0 aliphatic rings. The highest BCUT2D eigenvalue weighted by Gasteiger charge is 2.13. The highest BCUT2D eigenvalue weighted by Crippen LogP contribution is 2.37. The topological polar surface area (TPSA) is 30.8 Å². The first-order valence-corrected chi connectivity index (χ1v) is 9.93. The average Bonchev–Trinajstić information content (AvgIpc) is 2.72. The minimum absolute atomic E-state index is 0.189. The zero-order valence-corrected chi connectivity index (χ0v) is 17.2. The summed E-state index contributed by atoms with van der Waals surface area (Å²) in [6, 6.07) is 18.0. The zero-order chi connectivity index (χ0) is 20.6. The highest BCUT2D eigenvalue weighted by atomic mass is 35.5. The van der Waals surface area contributed by atoms with E-state index in [0.29, 0.717) is 28.7 Å². The van der Waals surface area contributed by atoms with Crippen LogP contribution in [0.1, 0.15) is 30.5 Å². The molecule has 0 unspecified atom stereocenters. The monoisotopic (exact) mass is 411 g/mol. The fourth-order valence-electron chi connectivity index (χ4n) is 2.81. The molecule has 3 rings (SSSR count).